The maximum absolute atomic E-state index is 13.1. The molecule has 16 atom stereocenters. The van der Waals surface area contributed by atoms with E-state index >= 15 is 0 Å². The number of allylic oxidation sites excluding steroid dienone is 4. The Labute approximate surface area is 340 Å². The summed E-state index contributed by atoms with van der Waals surface area (Å²) in [6.45, 7) is 23.3. The zero-order chi connectivity index (χ0) is 42.4. The molecule has 322 valence electrons. The summed E-state index contributed by atoms with van der Waals surface area (Å²) in [5.74, 6) is -0.992. The fourth-order valence-corrected chi connectivity index (χ4v) is 13.3. The number of aliphatic hydroxyl groups is 5. The summed E-state index contributed by atoms with van der Waals surface area (Å²) in [5, 5.41) is 59.5. The van der Waals surface area contributed by atoms with Crippen molar-refractivity contribution in [3.63, 3.8) is 0 Å². The van der Waals surface area contributed by atoms with Gasteiger partial charge in [-0.3, -0.25) is 0 Å². The Kier molecular flexibility index (Phi) is 11.8. The van der Waals surface area contributed by atoms with Crippen LogP contribution in [-0.2, 0) is 28.5 Å². The molecule has 5 fully saturated rings. The lowest BCUT2D eigenvalue weighted by Gasteiger charge is -2.72. The maximum atomic E-state index is 13.1. The molecule has 0 aromatic rings. The van der Waals surface area contributed by atoms with Gasteiger partial charge in [-0.2, -0.15) is 0 Å². The smallest absolute Gasteiger partial charge is 0.333 e. The number of fused-ring (bicyclic) bond motifs is 7. The lowest BCUT2D eigenvalue weighted by molar-refractivity contribution is -0.341. The molecule has 0 aromatic carbocycles. The molecule has 6 aliphatic rings. The van der Waals surface area contributed by atoms with Crippen LogP contribution in [0.4, 0.5) is 0 Å². The minimum atomic E-state index is -1.62. The van der Waals surface area contributed by atoms with Gasteiger partial charge in [-0.15, -0.1) is 0 Å². The molecule has 0 bridgehead atoms. The highest BCUT2D eigenvalue weighted by Crippen LogP contribution is 2.75. The number of carbonyl (C=O) groups excluding carboxylic acids is 2. The average molecular weight is 801 g/mol. The third-order valence-electron chi connectivity index (χ3n) is 17.4. The van der Waals surface area contributed by atoms with Gasteiger partial charge in [0.05, 0.1) is 42.5 Å². The van der Waals surface area contributed by atoms with Crippen LogP contribution >= 0.6 is 0 Å². The Hall–Kier alpha value is -2.12. The summed E-state index contributed by atoms with van der Waals surface area (Å²) in [4.78, 5) is 26.0. The van der Waals surface area contributed by atoms with E-state index < -0.39 is 83.8 Å². The lowest BCUT2D eigenvalue weighted by atomic mass is 9.33. The van der Waals surface area contributed by atoms with Crippen LogP contribution in [0, 0.1) is 50.2 Å². The molecular formula is C46H72O11. The summed E-state index contributed by atoms with van der Waals surface area (Å²) in [5.41, 5.74) is -1.04. The zero-order valence-corrected chi connectivity index (χ0v) is 36.5. The molecule has 0 spiro atoms. The van der Waals surface area contributed by atoms with Crippen molar-refractivity contribution < 1.29 is 54.1 Å². The molecule has 1 aliphatic heterocycles. The summed E-state index contributed by atoms with van der Waals surface area (Å²) in [6.07, 6.45) is 0.676. The molecule has 11 heteroatoms. The number of ether oxygens (including phenoxy) is 4. The molecule has 5 N–H and O–H groups in total. The SMILES string of the molecule is C/C=C(/C)C(=O)O[C@@H]1[C@@H](O)[C@H](O[C@H]2[C@H](O)[C@]3(CO)[C@H](O)C[C@]4(C)C(=CC[C@@H]5[C@@]6(C)CC[C@H](O)C(C)(C)[C@@H]6CC[C@]54C)[C@@H]3CC2(C)C)O[C@H](C)[C@@H]1OC(=O)/C(C)=C\C. The molecule has 0 radical (unpaired) electrons. The average Bonchev–Trinajstić information content (AvgIpc) is 3.14. The van der Waals surface area contributed by atoms with E-state index in [1.54, 1.807) is 46.8 Å². The van der Waals surface area contributed by atoms with E-state index in [9.17, 15) is 35.1 Å². The Bertz CT molecular complexity index is 1660. The highest BCUT2D eigenvalue weighted by atomic mass is 16.7. The largest absolute Gasteiger partial charge is 0.452 e. The van der Waals surface area contributed by atoms with Gasteiger partial charge in [-0.25, -0.2) is 9.59 Å². The summed E-state index contributed by atoms with van der Waals surface area (Å²) in [7, 11) is 0. The molecule has 11 nitrogen and oxygen atoms in total. The number of hydrogen-bond acceptors (Lipinski definition) is 11. The van der Waals surface area contributed by atoms with Crippen molar-refractivity contribution in [3.05, 3.63) is 34.9 Å². The van der Waals surface area contributed by atoms with Crippen molar-refractivity contribution in [2.75, 3.05) is 6.61 Å². The number of rotatable bonds is 7. The molecular weight excluding hydrogens is 728 g/mol. The van der Waals surface area contributed by atoms with Gasteiger partial charge in [0.25, 0.3) is 0 Å². The second-order valence-corrected chi connectivity index (χ2v) is 20.8. The Morgan fingerprint density at radius 2 is 1.44 bits per heavy atom. The minimum Gasteiger partial charge on any atom is -0.452 e. The molecule has 0 amide bonds. The fraction of sp³-hybridized carbons (Fsp3) is 0.826. The van der Waals surface area contributed by atoms with Crippen LogP contribution in [0.25, 0.3) is 0 Å². The van der Waals surface area contributed by atoms with E-state index in [0.29, 0.717) is 35.8 Å². The number of carbonyl (C=O) groups is 2. The first kappa shape index (κ1) is 44.4. The van der Waals surface area contributed by atoms with Crippen molar-refractivity contribution in [2.24, 2.45) is 50.2 Å². The third-order valence-corrected chi connectivity index (χ3v) is 17.4. The van der Waals surface area contributed by atoms with E-state index in [1.807, 2.05) is 13.8 Å². The highest BCUT2D eigenvalue weighted by molar-refractivity contribution is 5.88. The first-order chi connectivity index (χ1) is 26.4. The predicted octanol–water partition coefficient (Wildman–Crippen LogP) is 5.94. The van der Waals surface area contributed by atoms with Gasteiger partial charge in [0.1, 0.15) is 6.10 Å². The van der Waals surface area contributed by atoms with Crippen LogP contribution in [0.5, 0.6) is 0 Å². The molecule has 6 rings (SSSR count). The Balaban J connectivity index is 1.32. The van der Waals surface area contributed by atoms with Crippen molar-refractivity contribution in [1.29, 1.82) is 0 Å². The monoisotopic (exact) mass is 801 g/mol. The standard InChI is InChI=1S/C46H72O11/c1-13-24(3)38(52)55-34-26(5)54-40(33(50)35(34)56-39(53)25(4)14-2)57-37-36(51)46(23-47)28(21-41(37,6)7)27-15-16-30-43(10)19-18-31(48)42(8,9)29(43)17-20-44(30,11)45(27,12)22-32(46)49/h13-15,26,28-37,40,47-51H,16-23H2,1-12H3/b24-13-,25-14-/t26-,28+,29+,30-,31+,32-,33-,34+,35-,36+,37+,40+,43+,44-,45-,46+/m1/s1. The Morgan fingerprint density at radius 1 is 0.842 bits per heavy atom. The van der Waals surface area contributed by atoms with Gasteiger partial charge in [0.15, 0.2) is 18.5 Å². The second-order valence-electron chi connectivity index (χ2n) is 20.8. The first-order valence-electron chi connectivity index (χ1n) is 21.4. The van der Waals surface area contributed by atoms with E-state index in [1.165, 1.54) is 5.57 Å². The van der Waals surface area contributed by atoms with Crippen LogP contribution in [0.15, 0.2) is 34.9 Å². The quantitative estimate of drug-likeness (QED) is 0.0894. The number of hydrogen-bond donors (Lipinski definition) is 5. The molecule has 4 saturated carbocycles. The summed E-state index contributed by atoms with van der Waals surface area (Å²) in [6, 6.07) is 0. The van der Waals surface area contributed by atoms with Gasteiger partial charge >= 0.3 is 11.9 Å². The lowest BCUT2D eigenvalue weighted by Crippen LogP contribution is -2.72. The molecule has 57 heavy (non-hydrogen) atoms. The van der Waals surface area contributed by atoms with E-state index in [0.717, 1.165) is 32.1 Å². The van der Waals surface area contributed by atoms with Crippen LogP contribution in [0.1, 0.15) is 128 Å². The van der Waals surface area contributed by atoms with Crippen molar-refractivity contribution in [1.82, 2.24) is 0 Å². The predicted molar refractivity (Wildman–Crippen MR) is 214 cm³/mol. The van der Waals surface area contributed by atoms with Crippen LogP contribution in [-0.4, -0.2) is 99.2 Å². The van der Waals surface area contributed by atoms with Crippen molar-refractivity contribution in [3.8, 4) is 0 Å². The maximum Gasteiger partial charge on any atom is 0.333 e. The molecule has 0 aromatic heterocycles. The summed E-state index contributed by atoms with van der Waals surface area (Å²) >= 11 is 0. The van der Waals surface area contributed by atoms with E-state index in [2.05, 4.69) is 40.7 Å². The highest BCUT2D eigenvalue weighted by Gasteiger charge is 2.72. The molecule has 5 aliphatic carbocycles. The van der Waals surface area contributed by atoms with Gasteiger partial charge in [0, 0.05) is 11.1 Å². The van der Waals surface area contributed by atoms with Gasteiger partial charge < -0.3 is 44.5 Å². The van der Waals surface area contributed by atoms with Crippen molar-refractivity contribution in [2.45, 2.75) is 183 Å². The number of aliphatic hydroxyl groups excluding tert-OH is 5. The molecule has 0 unspecified atom stereocenters. The van der Waals surface area contributed by atoms with Crippen molar-refractivity contribution >= 4 is 11.9 Å². The van der Waals surface area contributed by atoms with Crippen LogP contribution in [0.2, 0.25) is 0 Å². The van der Waals surface area contributed by atoms with Gasteiger partial charge in [-0.1, -0.05) is 72.3 Å². The van der Waals surface area contributed by atoms with Gasteiger partial charge in [0.2, 0.25) is 0 Å². The molecule has 1 saturated heterocycles. The fourth-order valence-electron chi connectivity index (χ4n) is 13.3. The van der Waals surface area contributed by atoms with E-state index in [-0.39, 0.29) is 28.3 Å². The normalized spacial score (nSPS) is 48.0. The molecule has 1 heterocycles. The second kappa shape index (κ2) is 15.1. The van der Waals surface area contributed by atoms with Crippen LogP contribution in [0.3, 0.4) is 0 Å². The third kappa shape index (κ3) is 6.54. The van der Waals surface area contributed by atoms with Crippen LogP contribution < -0.4 is 0 Å². The zero-order valence-electron chi connectivity index (χ0n) is 36.5. The summed E-state index contributed by atoms with van der Waals surface area (Å²) < 4.78 is 24.4. The van der Waals surface area contributed by atoms with Gasteiger partial charge in [-0.05, 0) is 124 Å². The number of esters is 2. The van der Waals surface area contributed by atoms with E-state index in [4.69, 9.17) is 18.9 Å². The Morgan fingerprint density at radius 3 is 2.02 bits per heavy atom. The minimum absolute atomic E-state index is 0.0140. The topological polar surface area (TPSA) is 172 Å². The first-order valence-corrected chi connectivity index (χ1v) is 21.4.